The summed E-state index contributed by atoms with van der Waals surface area (Å²) >= 11 is 7.55. The van der Waals surface area contributed by atoms with Crippen molar-refractivity contribution >= 4 is 44.6 Å². The average molecular weight is 484 g/mol. The number of aromatic nitrogens is 3. The molecule has 34 heavy (non-hydrogen) atoms. The van der Waals surface area contributed by atoms with Crippen molar-refractivity contribution in [1.29, 1.82) is 0 Å². The molecule has 0 aliphatic carbocycles. The Kier molecular flexibility index (Phi) is 5.24. The number of hydrogen-bond acceptors (Lipinski definition) is 5. The zero-order valence-corrected chi connectivity index (χ0v) is 20.0. The van der Waals surface area contributed by atoms with Gasteiger partial charge in [0.05, 0.1) is 40.4 Å². The van der Waals surface area contributed by atoms with Crippen LogP contribution >= 0.6 is 23.6 Å². The molecule has 4 heterocycles. The lowest BCUT2D eigenvalue weighted by atomic mass is 10.0. The van der Waals surface area contributed by atoms with E-state index in [2.05, 4.69) is 44.2 Å². The van der Waals surface area contributed by atoms with Crippen LogP contribution in [0.3, 0.4) is 0 Å². The third kappa shape index (κ3) is 3.43. The first kappa shape index (κ1) is 20.8. The predicted octanol–water partition coefficient (Wildman–Crippen LogP) is 5.67. The highest BCUT2D eigenvalue weighted by atomic mass is 32.1. The number of nitrogens with one attached hydrogen (secondary N) is 1. The maximum Gasteiger partial charge on any atom is 0.194 e. The van der Waals surface area contributed by atoms with Gasteiger partial charge in [0.15, 0.2) is 10.2 Å². The molecule has 0 spiro atoms. The third-order valence-corrected chi connectivity index (χ3v) is 7.37. The van der Waals surface area contributed by atoms with Crippen LogP contribution in [0.1, 0.15) is 23.5 Å². The Labute approximate surface area is 206 Å². The normalized spacial score (nSPS) is 17.8. The fourth-order valence-electron chi connectivity index (χ4n) is 4.52. The van der Waals surface area contributed by atoms with Crippen LogP contribution < -0.4 is 15.0 Å². The minimum atomic E-state index is -0.166. The zero-order valence-electron chi connectivity index (χ0n) is 18.3. The molecule has 6 nitrogen and oxygen atoms in total. The topological polar surface area (TPSA) is 55.2 Å². The molecular weight excluding hydrogens is 462 g/mol. The maximum atomic E-state index is 5.88. The highest BCUT2D eigenvalue weighted by molar-refractivity contribution is 7.80. The van der Waals surface area contributed by atoms with Crippen molar-refractivity contribution in [3.05, 3.63) is 103 Å². The first-order valence-corrected chi connectivity index (χ1v) is 12.1. The van der Waals surface area contributed by atoms with Crippen molar-refractivity contribution in [1.82, 2.24) is 19.9 Å². The molecule has 0 bridgehead atoms. The Morgan fingerprint density at radius 3 is 2.62 bits per heavy atom. The Bertz CT molecular complexity index is 1450. The summed E-state index contributed by atoms with van der Waals surface area (Å²) in [5.41, 5.74) is 3.88. The molecule has 0 unspecified atom stereocenters. The summed E-state index contributed by atoms with van der Waals surface area (Å²) in [4.78, 5) is 11.7. The summed E-state index contributed by atoms with van der Waals surface area (Å²) in [6, 6.07) is 26.0. The minimum absolute atomic E-state index is 0.151. The molecule has 2 atom stereocenters. The number of nitrogens with zero attached hydrogens (tertiary/aromatic N) is 4. The predicted molar refractivity (Wildman–Crippen MR) is 140 cm³/mol. The minimum Gasteiger partial charge on any atom is -0.495 e. The summed E-state index contributed by atoms with van der Waals surface area (Å²) in [5.74, 6) is 0.761. The number of ether oxygens (including phenoxy) is 1. The van der Waals surface area contributed by atoms with E-state index in [4.69, 9.17) is 21.9 Å². The van der Waals surface area contributed by atoms with Crippen LogP contribution in [0.2, 0.25) is 0 Å². The number of fused-ring (bicyclic) bond motifs is 1. The van der Waals surface area contributed by atoms with Crippen molar-refractivity contribution < 1.29 is 4.74 Å². The molecule has 5 aromatic rings. The average Bonchev–Trinajstić information content (AvgIpc) is 3.60. The van der Waals surface area contributed by atoms with Gasteiger partial charge in [-0.1, -0.05) is 41.7 Å². The summed E-state index contributed by atoms with van der Waals surface area (Å²) in [6.07, 6.45) is 3.87. The van der Waals surface area contributed by atoms with Crippen LogP contribution in [-0.2, 0) is 0 Å². The first-order valence-electron chi connectivity index (χ1n) is 10.9. The lowest BCUT2D eigenvalue weighted by Crippen LogP contribution is -2.30. The SMILES string of the molecule is COc1ccccc1N1C(=S)N[C@@H](c2ccccn2)[C@@H]1c1cccn1-c1nc2ccccc2s1. The smallest absolute Gasteiger partial charge is 0.194 e. The molecule has 2 aromatic carbocycles. The lowest BCUT2D eigenvalue weighted by molar-refractivity contribution is 0.414. The molecule has 1 aliphatic heterocycles. The monoisotopic (exact) mass is 483 g/mol. The van der Waals surface area contributed by atoms with Gasteiger partial charge in [-0.3, -0.25) is 9.55 Å². The van der Waals surface area contributed by atoms with Gasteiger partial charge < -0.3 is 15.0 Å². The molecule has 8 heteroatoms. The summed E-state index contributed by atoms with van der Waals surface area (Å²) in [6.45, 7) is 0. The van der Waals surface area contributed by atoms with Gasteiger partial charge in [0.2, 0.25) is 0 Å². The molecule has 1 saturated heterocycles. The fourth-order valence-corrected chi connectivity index (χ4v) is 5.83. The Morgan fingerprint density at radius 1 is 0.971 bits per heavy atom. The van der Waals surface area contributed by atoms with Gasteiger partial charge in [0, 0.05) is 12.4 Å². The molecule has 0 saturated carbocycles. The number of pyridine rings is 1. The number of methoxy groups -OCH3 is 1. The highest BCUT2D eigenvalue weighted by Crippen LogP contribution is 2.45. The summed E-state index contributed by atoms with van der Waals surface area (Å²) < 4.78 is 9.01. The van der Waals surface area contributed by atoms with Crippen molar-refractivity contribution in [3.8, 4) is 10.9 Å². The van der Waals surface area contributed by atoms with Crippen LogP contribution in [0.15, 0.2) is 91.3 Å². The van der Waals surface area contributed by atoms with Crippen LogP contribution in [0.4, 0.5) is 5.69 Å². The van der Waals surface area contributed by atoms with Crippen LogP contribution in [0.5, 0.6) is 5.75 Å². The summed E-state index contributed by atoms with van der Waals surface area (Å²) in [7, 11) is 1.68. The van der Waals surface area contributed by atoms with Crippen LogP contribution in [0.25, 0.3) is 15.3 Å². The quantitative estimate of drug-likeness (QED) is 0.325. The number of thiocarbonyl (C=S) groups is 1. The van der Waals surface area contributed by atoms with E-state index in [1.807, 2.05) is 66.9 Å². The van der Waals surface area contributed by atoms with Crippen molar-refractivity contribution in [2.45, 2.75) is 12.1 Å². The number of rotatable bonds is 5. The van der Waals surface area contributed by atoms with Gasteiger partial charge >= 0.3 is 0 Å². The van der Waals surface area contributed by atoms with E-state index in [1.165, 1.54) is 0 Å². The molecule has 1 fully saturated rings. The van der Waals surface area contributed by atoms with E-state index < -0.39 is 0 Å². The van der Waals surface area contributed by atoms with Gasteiger partial charge in [-0.25, -0.2) is 4.98 Å². The van der Waals surface area contributed by atoms with Crippen LogP contribution in [-0.4, -0.2) is 26.8 Å². The van der Waals surface area contributed by atoms with Gasteiger partial charge in [0.1, 0.15) is 11.8 Å². The second-order valence-corrected chi connectivity index (χ2v) is 9.33. The van der Waals surface area contributed by atoms with E-state index in [0.717, 1.165) is 38.2 Å². The molecule has 6 rings (SSSR count). The lowest BCUT2D eigenvalue weighted by Gasteiger charge is -2.29. The van der Waals surface area contributed by atoms with Crippen molar-refractivity contribution in [2.24, 2.45) is 0 Å². The molecule has 0 amide bonds. The number of anilines is 1. The van der Waals surface area contributed by atoms with E-state index in [0.29, 0.717) is 5.11 Å². The molecular formula is C26H21N5OS2. The van der Waals surface area contributed by atoms with Crippen molar-refractivity contribution in [2.75, 3.05) is 12.0 Å². The van der Waals surface area contributed by atoms with E-state index in [-0.39, 0.29) is 12.1 Å². The largest absolute Gasteiger partial charge is 0.495 e. The standard InChI is InChI=1S/C26H21N5OS2/c1-32-21-13-4-3-11-19(21)31-24(23(29-25(31)33)18-10-6-7-15-27-18)20-12-8-16-30(20)26-28-17-9-2-5-14-22(17)34-26/h2-16,23-24H,1H3,(H,29,33)/t23-,24-/m0/s1. The Hall–Kier alpha value is -3.75. The maximum absolute atomic E-state index is 5.88. The second-order valence-electron chi connectivity index (χ2n) is 7.94. The number of hydrogen-bond donors (Lipinski definition) is 1. The highest BCUT2D eigenvalue weighted by Gasteiger charge is 2.43. The van der Waals surface area contributed by atoms with Crippen molar-refractivity contribution in [3.63, 3.8) is 0 Å². The molecule has 168 valence electrons. The van der Waals surface area contributed by atoms with Crippen LogP contribution in [0, 0.1) is 0 Å². The fraction of sp³-hybridized carbons (Fsp3) is 0.115. The van der Waals surface area contributed by atoms with Gasteiger partial charge in [-0.15, -0.1) is 0 Å². The van der Waals surface area contributed by atoms with Gasteiger partial charge in [-0.05, 0) is 60.7 Å². The summed E-state index contributed by atoms with van der Waals surface area (Å²) in [5, 5.41) is 5.07. The van der Waals surface area contributed by atoms with E-state index in [1.54, 1.807) is 18.4 Å². The van der Waals surface area contributed by atoms with Gasteiger partial charge in [0.25, 0.3) is 0 Å². The van der Waals surface area contributed by atoms with Gasteiger partial charge in [-0.2, -0.15) is 0 Å². The third-order valence-electron chi connectivity index (χ3n) is 6.01. The Morgan fingerprint density at radius 2 is 1.79 bits per heavy atom. The zero-order chi connectivity index (χ0) is 23.1. The number of thiazole rings is 1. The molecule has 0 radical (unpaired) electrons. The number of para-hydroxylation sites is 3. The molecule has 1 aliphatic rings. The molecule has 3 aromatic heterocycles. The number of benzene rings is 2. The van der Waals surface area contributed by atoms with E-state index in [9.17, 15) is 0 Å². The Balaban J connectivity index is 1.53. The second kappa shape index (κ2) is 8.55. The first-order chi connectivity index (χ1) is 16.7. The molecule has 1 N–H and O–H groups in total. The van der Waals surface area contributed by atoms with E-state index >= 15 is 0 Å².